The Kier molecular flexibility index (Phi) is 9.68. The summed E-state index contributed by atoms with van der Waals surface area (Å²) in [6.07, 6.45) is -3.90. The predicted octanol–water partition coefficient (Wildman–Crippen LogP) is 7.07. The summed E-state index contributed by atoms with van der Waals surface area (Å²) in [6.45, 7) is 5.95. The maximum Gasteiger partial charge on any atom is 0.573 e. The van der Waals surface area contributed by atoms with Crippen LogP contribution in [0.3, 0.4) is 0 Å². The molecule has 0 radical (unpaired) electrons. The number of thioether (sulfide) groups is 1. The quantitative estimate of drug-likeness (QED) is 0.193. The van der Waals surface area contributed by atoms with Crippen LogP contribution in [0.5, 0.6) is 5.75 Å². The molecule has 2 aliphatic rings. The molecule has 0 spiro atoms. The first kappa shape index (κ1) is 33.0. The average molecular weight is 680 g/mol. The first-order chi connectivity index (χ1) is 23.0. The molecule has 2 saturated heterocycles. The van der Waals surface area contributed by atoms with Gasteiger partial charge in [0, 0.05) is 30.3 Å². The van der Waals surface area contributed by atoms with Crippen molar-refractivity contribution >= 4 is 46.2 Å². The van der Waals surface area contributed by atoms with E-state index in [1.54, 1.807) is 24.3 Å². The molecule has 1 aromatic heterocycles. The van der Waals surface area contributed by atoms with Gasteiger partial charge in [-0.3, -0.25) is 9.69 Å². The maximum atomic E-state index is 12.9. The SMILES string of the molecule is CC(C)c1ccccc1N1C(=O)CS/C1=N\C(=O)Nc1ccc(-c2nc(NCC3CCOC3)n(-c3ccc(OC(F)(F)F)cc3)n2)cc1. The molecule has 4 aromatic rings. The molecule has 6 rings (SSSR count). The lowest BCUT2D eigenvalue weighted by molar-refractivity contribution is -0.274. The predicted molar refractivity (Wildman–Crippen MR) is 178 cm³/mol. The van der Waals surface area contributed by atoms with Gasteiger partial charge in [-0.05, 0) is 72.5 Å². The van der Waals surface area contributed by atoms with Gasteiger partial charge in [-0.2, -0.15) is 14.7 Å². The number of carbonyl (C=O) groups excluding carboxylic acids is 2. The molecule has 0 bridgehead atoms. The van der Waals surface area contributed by atoms with Crippen LogP contribution in [-0.4, -0.2) is 63.7 Å². The number of alkyl halides is 3. The van der Waals surface area contributed by atoms with E-state index in [0.717, 1.165) is 12.0 Å². The highest BCUT2D eigenvalue weighted by atomic mass is 32.2. The smallest absolute Gasteiger partial charge is 0.406 e. The lowest BCUT2D eigenvalue weighted by atomic mass is 10.0. The Bertz CT molecular complexity index is 1810. The lowest BCUT2D eigenvalue weighted by Crippen LogP contribution is -2.31. The van der Waals surface area contributed by atoms with Crippen molar-refractivity contribution in [2.75, 3.05) is 41.0 Å². The Labute approximate surface area is 278 Å². The van der Waals surface area contributed by atoms with Gasteiger partial charge in [0.2, 0.25) is 11.9 Å². The van der Waals surface area contributed by atoms with Crippen molar-refractivity contribution in [2.24, 2.45) is 10.9 Å². The number of benzene rings is 3. The molecular formula is C33H32F3N7O4S. The van der Waals surface area contributed by atoms with Gasteiger partial charge in [0.25, 0.3) is 0 Å². The number of rotatable bonds is 9. The molecular weight excluding hydrogens is 647 g/mol. The molecule has 2 N–H and O–H groups in total. The normalized spacial score (nSPS) is 17.4. The lowest BCUT2D eigenvalue weighted by Gasteiger charge is -2.21. The topological polar surface area (TPSA) is 123 Å². The van der Waals surface area contributed by atoms with Gasteiger partial charge in [0.1, 0.15) is 5.75 Å². The van der Waals surface area contributed by atoms with Crippen LogP contribution < -0.4 is 20.3 Å². The van der Waals surface area contributed by atoms with Crippen LogP contribution in [0.25, 0.3) is 17.1 Å². The number of amides is 3. The largest absolute Gasteiger partial charge is 0.573 e. The van der Waals surface area contributed by atoms with Crippen molar-refractivity contribution in [2.45, 2.75) is 32.5 Å². The number of urea groups is 1. The van der Waals surface area contributed by atoms with E-state index in [4.69, 9.17) is 4.74 Å². The number of nitrogens with one attached hydrogen (secondary N) is 2. The molecule has 2 fully saturated rings. The standard InChI is InChI=1S/C33H32F3N7O4S/c1-20(2)26-5-3-4-6-27(26)42-28(44)19-48-32(42)40-31(45)38-23-9-7-22(8-10-23)29-39-30(37-17-21-15-16-46-18-21)43(41-29)24-11-13-25(14-12-24)47-33(34,35)36/h3-14,20-21H,15-19H2,1-2H3,(H,38,45)(H,37,39,41)/b40-32-. The van der Waals surface area contributed by atoms with Crippen LogP contribution in [-0.2, 0) is 9.53 Å². The number of hydrogen-bond donors (Lipinski definition) is 2. The summed E-state index contributed by atoms with van der Waals surface area (Å²) in [7, 11) is 0. The first-order valence-corrected chi connectivity index (χ1v) is 16.2. The fourth-order valence-electron chi connectivity index (χ4n) is 5.30. The van der Waals surface area contributed by atoms with Gasteiger partial charge in [-0.15, -0.1) is 18.3 Å². The molecule has 48 heavy (non-hydrogen) atoms. The second-order valence-corrected chi connectivity index (χ2v) is 12.4. The van der Waals surface area contributed by atoms with Gasteiger partial charge in [-0.1, -0.05) is 43.8 Å². The number of ether oxygens (including phenoxy) is 2. The summed E-state index contributed by atoms with van der Waals surface area (Å²) in [6, 6.07) is 19.1. The summed E-state index contributed by atoms with van der Waals surface area (Å²) in [4.78, 5) is 36.1. The van der Waals surface area contributed by atoms with E-state index in [2.05, 4.69) is 30.4 Å². The number of aromatic nitrogens is 3. The van der Waals surface area contributed by atoms with Crippen molar-refractivity contribution in [3.8, 4) is 22.8 Å². The van der Waals surface area contributed by atoms with Gasteiger partial charge in [0.15, 0.2) is 11.0 Å². The summed E-state index contributed by atoms with van der Waals surface area (Å²) in [5, 5.41) is 11.0. The van der Waals surface area contributed by atoms with E-state index in [9.17, 15) is 22.8 Å². The van der Waals surface area contributed by atoms with E-state index >= 15 is 0 Å². The van der Waals surface area contributed by atoms with E-state index in [1.165, 1.54) is 45.6 Å². The van der Waals surface area contributed by atoms with Crippen LogP contribution in [0, 0.1) is 5.92 Å². The maximum absolute atomic E-state index is 12.9. The van der Waals surface area contributed by atoms with Gasteiger partial charge in [0.05, 0.1) is 23.7 Å². The molecule has 3 heterocycles. The summed E-state index contributed by atoms with van der Waals surface area (Å²) in [5.41, 5.74) is 3.27. The van der Waals surface area contributed by atoms with Crippen molar-refractivity contribution in [3.63, 3.8) is 0 Å². The number of amidine groups is 1. The number of halogens is 3. The van der Waals surface area contributed by atoms with Crippen LogP contribution >= 0.6 is 11.8 Å². The van der Waals surface area contributed by atoms with Crippen LogP contribution in [0.15, 0.2) is 77.8 Å². The number of carbonyl (C=O) groups is 2. The second kappa shape index (κ2) is 14.1. The number of nitrogens with zero attached hydrogens (tertiary/aromatic N) is 5. The molecule has 250 valence electrons. The third-order valence-corrected chi connectivity index (χ3v) is 8.57. The molecule has 1 unspecified atom stereocenters. The fraction of sp³-hybridized carbons (Fsp3) is 0.303. The number of anilines is 3. The highest BCUT2D eigenvalue weighted by Gasteiger charge is 2.33. The first-order valence-electron chi connectivity index (χ1n) is 15.2. The average Bonchev–Trinajstić information content (AvgIpc) is 3.81. The Morgan fingerprint density at radius 1 is 1.10 bits per heavy atom. The zero-order chi connectivity index (χ0) is 33.8. The second-order valence-electron chi connectivity index (χ2n) is 11.5. The van der Waals surface area contributed by atoms with E-state index in [-0.39, 0.29) is 29.2 Å². The molecule has 1 atom stereocenters. The van der Waals surface area contributed by atoms with Crippen molar-refractivity contribution in [1.82, 2.24) is 14.8 Å². The van der Waals surface area contributed by atoms with Crippen LogP contribution in [0.1, 0.15) is 31.7 Å². The zero-order valence-corrected chi connectivity index (χ0v) is 26.8. The van der Waals surface area contributed by atoms with Crippen molar-refractivity contribution in [1.29, 1.82) is 0 Å². The minimum Gasteiger partial charge on any atom is -0.406 e. The number of para-hydroxylation sites is 1. The van der Waals surface area contributed by atoms with E-state index in [0.29, 0.717) is 59.3 Å². The summed E-state index contributed by atoms with van der Waals surface area (Å²) in [5.74, 6) is 0.900. The fourth-order valence-corrected chi connectivity index (χ4v) is 6.16. The molecule has 0 aliphatic carbocycles. The van der Waals surface area contributed by atoms with E-state index in [1.807, 2.05) is 38.1 Å². The summed E-state index contributed by atoms with van der Waals surface area (Å²) < 4.78 is 49.0. The van der Waals surface area contributed by atoms with Gasteiger partial charge >= 0.3 is 12.4 Å². The Morgan fingerprint density at radius 2 is 1.85 bits per heavy atom. The third kappa shape index (κ3) is 7.80. The molecule has 0 saturated carbocycles. The number of aliphatic imine (C=N–C) groups is 1. The highest BCUT2D eigenvalue weighted by Crippen LogP contribution is 2.33. The molecule has 3 amide bonds. The minimum atomic E-state index is -4.80. The van der Waals surface area contributed by atoms with Crippen LogP contribution in [0.2, 0.25) is 0 Å². The molecule has 2 aliphatic heterocycles. The monoisotopic (exact) mass is 679 g/mol. The summed E-state index contributed by atoms with van der Waals surface area (Å²) >= 11 is 1.21. The molecule has 11 nitrogen and oxygen atoms in total. The van der Waals surface area contributed by atoms with E-state index < -0.39 is 12.4 Å². The Hall–Kier alpha value is -4.89. The van der Waals surface area contributed by atoms with Gasteiger partial charge < -0.3 is 20.1 Å². The highest BCUT2D eigenvalue weighted by molar-refractivity contribution is 8.15. The Balaban J connectivity index is 1.19. The van der Waals surface area contributed by atoms with Gasteiger partial charge in [-0.25, -0.2) is 4.79 Å². The van der Waals surface area contributed by atoms with Crippen molar-refractivity contribution < 1.29 is 32.2 Å². The third-order valence-electron chi connectivity index (χ3n) is 7.65. The van der Waals surface area contributed by atoms with Crippen molar-refractivity contribution in [3.05, 3.63) is 78.4 Å². The Morgan fingerprint density at radius 3 is 2.54 bits per heavy atom. The number of hydrogen-bond acceptors (Lipinski definition) is 8. The zero-order valence-electron chi connectivity index (χ0n) is 26.0. The van der Waals surface area contributed by atoms with Crippen LogP contribution in [0.4, 0.5) is 35.3 Å². The molecule has 15 heteroatoms. The minimum absolute atomic E-state index is 0.146. The molecule has 3 aromatic carbocycles.